The van der Waals surface area contributed by atoms with E-state index in [1.165, 1.54) is 41.3 Å². The van der Waals surface area contributed by atoms with Gasteiger partial charge in [-0.25, -0.2) is 13.6 Å². The Morgan fingerprint density at radius 3 is 2.66 bits per heavy atom. The summed E-state index contributed by atoms with van der Waals surface area (Å²) in [5, 5.41) is 3.82. The number of amides is 3. The van der Waals surface area contributed by atoms with Crippen LogP contribution in [0.1, 0.15) is 44.7 Å². The second kappa shape index (κ2) is 7.74. The van der Waals surface area contributed by atoms with E-state index < -0.39 is 29.7 Å². The van der Waals surface area contributed by atoms with Crippen LogP contribution < -0.4 is 16.0 Å². The van der Waals surface area contributed by atoms with Crippen molar-refractivity contribution in [2.75, 3.05) is 4.90 Å². The van der Waals surface area contributed by atoms with Crippen LogP contribution in [0.25, 0.3) is 10.9 Å². The minimum Gasteiger partial charge on any atom is -0.351 e. The molecule has 0 spiro atoms. The Balaban J connectivity index is 1.64. The summed E-state index contributed by atoms with van der Waals surface area (Å²) in [6, 6.07) is 11.3. The molecule has 174 valence electrons. The van der Waals surface area contributed by atoms with Crippen LogP contribution in [0.2, 0.25) is 5.02 Å². The number of nitrogens with two attached hydrogens (primary N) is 1. The van der Waals surface area contributed by atoms with Crippen molar-refractivity contribution >= 4 is 40.1 Å². The molecular formula is C26H17ClF2N4O2. The maximum absolute atomic E-state index is 14.2. The molecule has 0 aliphatic carbocycles. The molecule has 0 bridgehead atoms. The molecule has 2 aliphatic heterocycles. The van der Waals surface area contributed by atoms with Crippen LogP contribution in [-0.2, 0) is 6.42 Å². The van der Waals surface area contributed by atoms with Gasteiger partial charge in [-0.2, -0.15) is 0 Å². The highest BCUT2D eigenvalue weighted by Gasteiger charge is 2.41. The van der Waals surface area contributed by atoms with Gasteiger partial charge < -0.3 is 11.1 Å². The zero-order chi connectivity index (χ0) is 24.4. The van der Waals surface area contributed by atoms with Gasteiger partial charge in [-0.15, -0.1) is 0 Å². The van der Waals surface area contributed by atoms with Crippen LogP contribution in [0, 0.1) is 11.6 Å². The van der Waals surface area contributed by atoms with E-state index in [0.717, 1.165) is 0 Å². The van der Waals surface area contributed by atoms with E-state index in [1.54, 1.807) is 24.4 Å². The monoisotopic (exact) mass is 490 g/mol. The maximum atomic E-state index is 14.2. The van der Waals surface area contributed by atoms with Crippen molar-refractivity contribution in [2.45, 2.75) is 18.5 Å². The summed E-state index contributed by atoms with van der Waals surface area (Å²) in [5.41, 5.74) is 9.36. The SMILES string of the molecule is NC(=O)N1c2ccc(F)cc2CC1c1cc2ncccc2c2c1C(c1cc(F)ccc1Cl)NC2=O. The average molecular weight is 491 g/mol. The highest BCUT2D eigenvalue weighted by Crippen LogP contribution is 2.47. The molecule has 2 unspecified atom stereocenters. The van der Waals surface area contributed by atoms with E-state index in [1.807, 2.05) is 0 Å². The minimum absolute atomic E-state index is 0.276. The van der Waals surface area contributed by atoms with Crippen molar-refractivity contribution in [1.29, 1.82) is 0 Å². The molecule has 3 amide bonds. The summed E-state index contributed by atoms with van der Waals surface area (Å²) in [6.45, 7) is 0. The number of primary amides is 1. The first-order valence-corrected chi connectivity index (χ1v) is 11.3. The number of hydrogen-bond donors (Lipinski definition) is 2. The van der Waals surface area contributed by atoms with Crippen molar-refractivity contribution in [1.82, 2.24) is 10.3 Å². The second-order valence-corrected chi connectivity index (χ2v) is 9.01. The van der Waals surface area contributed by atoms with Gasteiger partial charge in [0.1, 0.15) is 11.6 Å². The molecule has 2 atom stereocenters. The zero-order valence-corrected chi connectivity index (χ0v) is 18.8. The Hall–Kier alpha value is -4.04. The molecular weight excluding hydrogens is 474 g/mol. The van der Waals surface area contributed by atoms with Crippen LogP contribution in [0.4, 0.5) is 19.3 Å². The molecule has 3 N–H and O–H groups in total. The quantitative estimate of drug-likeness (QED) is 0.405. The van der Waals surface area contributed by atoms with Gasteiger partial charge in [0.15, 0.2) is 0 Å². The van der Waals surface area contributed by atoms with Gasteiger partial charge in [-0.05, 0) is 71.6 Å². The molecule has 1 aromatic heterocycles. The molecule has 2 aliphatic rings. The number of fused-ring (bicyclic) bond motifs is 4. The molecule has 4 aromatic rings. The number of aromatic nitrogens is 1. The van der Waals surface area contributed by atoms with Gasteiger partial charge in [0, 0.05) is 27.9 Å². The summed E-state index contributed by atoms with van der Waals surface area (Å²) < 4.78 is 28.2. The minimum atomic E-state index is -0.768. The van der Waals surface area contributed by atoms with Crippen LogP contribution in [-0.4, -0.2) is 16.9 Å². The van der Waals surface area contributed by atoms with E-state index in [9.17, 15) is 18.4 Å². The summed E-state index contributed by atoms with van der Waals surface area (Å²) in [5.74, 6) is -1.29. The van der Waals surface area contributed by atoms with E-state index in [-0.39, 0.29) is 17.4 Å². The Kier molecular flexibility index (Phi) is 4.76. The largest absolute Gasteiger partial charge is 0.351 e. The first-order valence-electron chi connectivity index (χ1n) is 10.9. The van der Waals surface area contributed by atoms with Gasteiger partial charge in [-0.1, -0.05) is 17.7 Å². The van der Waals surface area contributed by atoms with Crippen LogP contribution in [0.5, 0.6) is 0 Å². The number of rotatable bonds is 2. The van der Waals surface area contributed by atoms with E-state index in [2.05, 4.69) is 10.3 Å². The maximum Gasteiger partial charge on any atom is 0.319 e. The molecule has 0 fully saturated rings. The standard InChI is InChI=1S/C26H17ClF2N4O2/c27-18-5-3-14(29)10-16(18)24-22-17(11-19-15(2-1-7-31-19)23(22)25(34)32-24)21-9-12-8-13(28)4-6-20(12)33(21)26(30)35/h1-8,10-11,21,24H,9H2,(H2,30,35)(H,32,34). The molecule has 3 aromatic carbocycles. The Labute approximate surface area is 203 Å². The van der Waals surface area contributed by atoms with Crippen LogP contribution in [0.15, 0.2) is 60.8 Å². The van der Waals surface area contributed by atoms with Crippen molar-refractivity contribution in [3.63, 3.8) is 0 Å². The van der Waals surface area contributed by atoms with Gasteiger partial charge >= 0.3 is 6.03 Å². The second-order valence-electron chi connectivity index (χ2n) is 8.60. The number of benzene rings is 3. The summed E-state index contributed by atoms with van der Waals surface area (Å²) in [4.78, 5) is 31.7. The lowest BCUT2D eigenvalue weighted by molar-refractivity contribution is 0.0962. The Bertz CT molecular complexity index is 1580. The Morgan fingerprint density at radius 1 is 1.09 bits per heavy atom. The summed E-state index contributed by atoms with van der Waals surface area (Å²) >= 11 is 6.43. The van der Waals surface area contributed by atoms with Gasteiger partial charge in [0.2, 0.25) is 0 Å². The van der Waals surface area contributed by atoms with Crippen molar-refractivity contribution in [3.8, 4) is 0 Å². The highest BCUT2D eigenvalue weighted by atomic mass is 35.5. The molecule has 6 nitrogen and oxygen atoms in total. The third-order valence-corrected chi connectivity index (χ3v) is 7.01. The van der Waals surface area contributed by atoms with E-state index >= 15 is 0 Å². The predicted octanol–water partition coefficient (Wildman–Crippen LogP) is 5.18. The topological polar surface area (TPSA) is 88.3 Å². The van der Waals surface area contributed by atoms with Crippen LogP contribution in [0.3, 0.4) is 0 Å². The average Bonchev–Trinajstić information content (AvgIpc) is 3.38. The van der Waals surface area contributed by atoms with E-state index in [0.29, 0.717) is 44.4 Å². The first-order chi connectivity index (χ1) is 16.8. The smallest absolute Gasteiger partial charge is 0.319 e. The number of carbonyl (C=O) groups is 2. The first kappa shape index (κ1) is 21.5. The van der Waals surface area contributed by atoms with Gasteiger partial charge in [0.05, 0.1) is 23.2 Å². The fraction of sp³-hybridized carbons (Fsp3) is 0.115. The fourth-order valence-corrected chi connectivity index (χ4v) is 5.50. The number of nitrogens with one attached hydrogen (secondary N) is 1. The number of anilines is 1. The molecule has 0 saturated heterocycles. The van der Waals surface area contributed by atoms with Gasteiger partial charge in [-0.3, -0.25) is 14.7 Å². The number of halogens is 3. The molecule has 0 radical (unpaired) electrons. The van der Waals surface area contributed by atoms with Gasteiger partial charge in [0.25, 0.3) is 5.91 Å². The van der Waals surface area contributed by atoms with E-state index in [4.69, 9.17) is 17.3 Å². The van der Waals surface area contributed by atoms with Crippen molar-refractivity contribution < 1.29 is 18.4 Å². The van der Waals surface area contributed by atoms with Crippen molar-refractivity contribution in [2.24, 2.45) is 5.73 Å². The Morgan fingerprint density at radius 2 is 1.86 bits per heavy atom. The number of urea groups is 1. The molecule has 6 rings (SSSR count). The normalized spacial score (nSPS) is 18.5. The highest BCUT2D eigenvalue weighted by molar-refractivity contribution is 6.31. The molecule has 3 heterocycles. The lowest BCUT2D eigenvalue weighted by atomic mass is 9.87. The van der Waals surface area contributed by atoms with Crippen LogP contribution >= 0.6 is 11.6 Å². The number of pyridine rings is 1. The van der Waals surface area contributed by atoms with Crippen molar-refractivity contribution in [3.05, 3.63) is 105 Å². The molecule has 35 heavy (non-hydrogen) atoms. The summed E-state index contributed by atoms with van der Waals surface area (Å²) in [7, 11) is 0. The zero-order valence-electron chi connectivity index (χ0n) is 18.1. The predicted molar refractivity (Wildman–Crippen MR) is 127 cm³/mol. The number of carbonyl (C=O) groups excluding carboxylic acids is 2. The number of nitrogens with zero attached hydrogens (tertiary/aromatic N) is 2. The number of hydrogen-bond acceptors (Lipinski definition) is 3. The lowest BCUT2D eigenvalue weighted by Crippen LogP contribution is -2.37. The molecule has 9 heteroatoms. The fourth-order valence-electron chi connectivity index (χ4n) is 5.28. The third-order valence-electron chi connectivity index (χ3n) is 6.66. The summed E-state index contributed by atoms with van der Waals surface area (Å²) in [6.07, 6.45) is 1.88. The lowest BCUT2D eigenvalue weighted by Gasteiger charge is -2.27. The third kappa shape index (κ3) is 3.24. The molecule has 0 saturated carbocycles.